The predicted molar refractivity (Wildman–Crippen MR) is 172 cm³/mol. The molecule has 1 unspecified atom stereocenters. The Bertz CT molecular complexity index is 1630. The molecule has 0 heterocycles. The second kappa shape index (κ2) is 14.9. The molecule has 0 aliphatic heterocycles. The minimum atomic E-state index is -0.551. The Hall–Kier alpha value is -4.73. The van der Waals surface area contributed by atoms with E-state index in [1.165, 1.54) is 32.1 Å². The fraction of sp³-hybridized carbons (Fsp3) is 0.121. The number of nitrogens with one attached hydrogen (secondary N) is 3. The summed E-state index contributed by atoms with van der Waals surface area (Å²) in [6.45, 7) is 1.79. The molecule has 4 aromatic carbocycles. The molecule has 0 fully saturated rings. The zero-order valence-electron chi connectivity index (χ0n) is 23.7. The van der Waals surface area contributed by atoms with E-state index in [2.05, 4.69) is 16.0 Å². The molecule has 0 aliphatic carbocycles. The number of hydrogen-bond donors (Lipinski definition) is 3. The first kappa shape index (κ1) is 31.2. The third-order valence-electron chi connectivity index (χ3n) is 6.15. The Morgan fingerprint density at radius 2 is 1.56 bits per heavy atom. The second-order valence-electron chi connectivity index (χ2n) is 9.22. The second-order valence-corrected chi connectivity index (χ2v) is 11.1. The van der Waals surface area contributed by atoms with E-state index in [4.69, 9.17) is 21.1 Å². The number of carbonyl (C=O) groups excluding carboxylic acids is 3. The Labute approximate surface area is 259 Å². The highest BCUT2D eigenvalue weighted by molar-refractivity contribution is 8.00. The molecule has 220 valence electrons. The van der Waals surface area contributed by atoms with Crippen molar-refractivity contribution in [3.8, 4) is 11.5 Å². The molecule has 3 amide bonds. The number of thioether (sulfide) groups is 1. The standard InChI is InChI=1S/C33H30ClN3O5S/c1-21(31(38)35-25-14-12-24(34)13-15-25)43-28-11-7-10-26(20-28)36-33(40)29(37-32(39)22-8-5-4-6-9-22)19-23-18-27(41-2)16-17-30(23)42-3/h4-21H,1-3H3,(H,35,38)(H,36,40)(H,37,39)/b29-19+. The van der Waals surface area contributed by atoms with Crippen LogP contribution in [-0.4, -0.2) is 37.2 Å². The molecule has 0 saturated heterocycles. The summed E-state index contributed by atoms with van der Waals surface area (Å²) >= 11 is 7.27. The van der Waals surface area contributed by atoms with E-state index in [1.54, 1.807) is 97.9 Å². The van der Waals surface area contributed by atoms with Gasteiger partial charge in [0.05, 0.1) is 19.5 Å². The van der Waals surface area contributed by atoms with Crippen molar-refractivity contribution in [2.24, 2.45) is 0 Å². The van der Waals surface area contributed by atoms with E-state index in [-0.39, 0.29) is 11.6 Å². The van der Waals surface area contributed by atoms with Crippen molar-refractivity contribution in [1.29, 1.82) is 0 Å². The molecular formula is C33H30ClN3O5S. The molecule has 0 aromatic heterocycles. The van der Waals surface area contributed by atoms with E-state index in [9.17, 15) is 14.4 Å². The van der Waals surface area contributed by atoms with Gasteiger partial charge in [-0.25, -0.2) is 0 Å². The summed E-state index contributed by atoms with van der Waals surface area (Å²) in [4.78, 5) is 40.1. The zero-order chi connectivity index (χ0) is 30.8. The van der Waals surface area contributed by atoms with E-state index in [0.29, 0.717) is 39.0 Å². The zero-order valence-corrected chi connectivity index (χ0v) is 25.3. The number of anilines is 2. The van der Waals surface area contributed by atoms with Crippen LogP contribution in [0.4, 0.5) is 11.4 Å². The van der Waals surface area contributed by atoms with Gasteiger partial charge in [0.15, 0.2) is 0 Å². The van der Waals surface area contributed by atoms with Gasteiger partial charge in [-0.2, -0.15) is 0 Å². The minimum Gasteiger partial charge on any atom is -0.497 e. The van der Waals surface area contributed by atoms with Crippen molar-refractivity contribution in [3.63, 3.8) is 0 Å². The van der Waals surface area contributed by atoms with Gasteiger partial charge >= 0.3 is 0 Å². The molecule has 10 heteroatoms. The number of ether oxygens (including phenoxy) is 2. The van der Waals surface area contributed by atoms with Gasteiger partial charge in [0.2, 0.25) is 5.91 Å². The molecule has 8 nitrogen and oxygen atoms in total. The first-order chi connectivity index (χ1) is 20.7. The number of methoxy groups -OCH3 is 2. The normalized spacial score (nSPS) is 11.7. The monoisotopic (exact) mass is 615 g/mol. The highest BCUT2D eigenvalue weighted by atomic mass is 35.5. The van der Waals surface area contributed by atoms with Gasteiger partial charge < -0.3 is 25.4 Å². The SMILES string of the molecule is COc1ccc(OC)c(/C=C(/NC(=O)c2ccccc2)C(=O)Nc2cccc(SC(C)C(=O)Nc3ccc(Cl)cc3)c2)c1. The topological polar surface area (TPSA) is 106 Å². The maximum Gasteiger partial charge on any atom is 0.272 e. The summed E-state index contributed by atoms with van der Waals surface area (Å²) in [7, 11) is 3.05. The Kier molecular flexibility index (Phi) is 10.9. The van der Waals surface area contributed by atoms with Gasteiger partial charge in [-0.05, 0) is 85.8 Å². The molecule has 3 N–H and O–H groups in total. The lowest BCUT2D eigenvalue weighted by molar-refractivity contribution is -0.115. The number of hydrogen-bond acceptors (Lipinski definition) is 6. The van der Waals surface area contributed by atoms with Crippen LogP contribution in [0, 0.1) is 0 Å². The van der Waals surface area contributed by atoms with E-state index >= 15 is 0 Å². The van der Waals surface area contributed by atoms with Crippen LogP contribution in [0.25, 0.3) is 6.08 Å². The van der Waals surface area contributed by atoms with Crippen molar-refractivity contribution in [2.45, 2.75) is 17.1 Å². The molecule has 0 radical (unpaired) electrons. The highest BCUT2D eigenvalue weighted by Gasteiger charge is 2.18. The summed E-state index contributed by atoms with van der Waals surface area (Å²) in [6.07, 6.45) is 1.53. The third-order valence-corrected chi connectivity index (χ3v) is 7.50. The van der Waals surface area contributed by atoms with Crippen molar-refractivity contribution < 1.29 is 23.9 Å². The Morgan fingerprint density at radius 3 is 2.26 bits per heavy atom. The van der Waals surface area contributed by atoms with Gasteiger partial charge in [0.25, 0.3) is 11.8 Å². The molecule has 4 aromatic rings. The van der Waals surface area contributed by atoms with Crippen LogP contribution in [0.2, 0.25) is 5.02 Å². The fourth-order valence-electron chi connectivity index (χ4n) is 3.93. The van der Waals surface area contributed by atoms with Crippen molar-refractivity contribution in [3.05, 3.63) is 119 Å². The lowest BCUT2D eigenvalue weighted by Crippen LogP contribution is -2.30. The molecule has 43 heavy (non-hydrogen) atoms. The van der Waals surface area contributed by atoms with E-state index in [1.807, 2.05) is 6.07 Å². The van der Waals surface area contributed by atoms with Crippen molar-refractivity contribution in [2.75, 3.05) is 24.9 Å². The first-order valence-corrected chi connectivity index (χ1v) is 14.5. The molecule has 1 atom stereocenters. The number of amides is 3. The largest absolute Gasteiger partial charge is 0.497 e. The van der Waals surface area contributed by atoms with Crippen LogP contribution in [0.3, 0.4) is 0 Å². The summed E-state index contributed by atoms with van der Waals surface area (Å²) < 4.78 is 10.8. The van der Waals surface area contributed by atoms with Crippen molar-refractivity contribution >= 4 is 58.5 Å². The number of halogens is 1. The number of carbonyl (C=O) groups is 3. The lowest BCUT2D eigenvalue weighted by atomic mass is 10.1. The highest BCUT2D eigenvalue weighted by Crippen LogP contribution is 2.28. The first-order valence-electron chi connectivity index (χ1n) is 13.2. The van der Waals surface area contributed by atoms with Gasteiger partial charge in [0, 0.05) is 32.4 Å². The van der Waals surface area contributed by atoms with E-state index in [0.717, 1.165) is 4.90 Å². The smallest absolute Gasteiger partial charge is 0.272 e. The minimum absolute atomic E-state index is 0.00540. The quantitative estimate of drug-likeness (QED) is 0.125. The molecular weight excluding hydrogens is 586 g/mol. The number of rotatable bonds is 11. The summed E-state index contributed by atoms with van der Waals surface area (Å²) in [6, 6.07) is 27.7. The maximum absolute atomic E-state index is 13.6. The third kappa shape index (κ3) is 8.88. The van der Waals surface area contributed by atoms with Gasteiger partial charge in [-0.3, -0.25) is 14.4 Å². The number of benzene rings is 4. The van der Waals surface area contributed by atoms with Gasteiger partial charge in [0.1, 0.15) is 17.2 Å². The molecule has 4 rings (SSSR count). The fourth-order valence-corrected chi connectivity index (χ4v) is 4.98. The summed E-state index contributed by atoms with van der Waals surface area (Å²) in [5.74, 6) is -0.133. The van der Waals surface area contributed by atoms with Crippen molar-refractivity contribution in [1.82, 2.24) is 5.32 Å². The molecule has 0 bridgehead atoms. The maximum atomic E-state index is 13.6. The van der Waals surface area contributed by atoms with E-state index < -0.39 is 17.1 Å². The molecule has 0 aliphatic rings. The van der Waals surface area contributed by atoms with Crippen LogP contribution >= 0.6 is 23.4 Å². The van der Waals surface area contributed by atoms with Gasteiger partial charge in [-0.1, -0.05) is 35.9 Å². The average Bonchev–Trinajstić information content (AvgIpc) is 3.02. The van der Waals surface area contributed by atoms with Crippen LogP contribution in [-0.2, 0) is 9.59 Å². The van der Waals surface area contributed by atoms with Crippen LogP contribution < -0.4 is 25.4 Å². The molecule has 0 spiro atoms. The summed E-state index contributed by atoms with van der Waals surface area (Å²) in [5, 5.41) is 8.60. The Balaban J connectivity index is 1.53. The predicted octanol–water partition coefficient (Wildman–Crippen LogP) is 6.89. The average molecular weight is 616 g/mol. The lowest BCUT2D eigenvalue weighted by Gasteiger charge is -2.15. The Morgan fingerprint density at radius 1 is 0.814 bits per heavy atom. The van der Waals surface area contributed by atoms with Crippen LogP contribution in [0.5, 0.6) is 11.5 Å². The van der Waals surface area contributed by atoms with Gasteiger partial charge in [-0.15, -0.1) is 11.8 Å². The summed E-state index contributed by atoms with van der Waals surface area (Å²) in [5.41, 5.74) is 2.05. The molecule has 0 saturated carbocycles. The van der Waals surface area contributed by atoms with Crippen LogP contribution in [0.15, 0.2) is 108 Å². The van der Waals surface area contributed by atoms with Crippen LogP contribution in [0.1, 0.15) is 22.8 Å².